The molecular weight excluding hydrogens is 528 g/mol. The molecule has 10 nitrogen and oxygen atoms in total. The van der Waals surface area contributed by atoms with Gasteiger partial charge in [-0.1, -0.05) is 25.1 Å². The van der Waals surface area contributed by atoms with Crippen LogP contribution in [0.4, 0.5) is 15.5 Å². The summed E-state index contributed by atoms with van der Waals surface area (Å²) in [5.74, 6) is -1.16. The lowest BCUT2D eigenvalue weighted by atomic mass is 10.0. The van der Waals surface area contributed by atoms with Gasteiger partial charge in [0.15, 0.2) is 0 Å². The predicted molar refractivity (Wildman–Crippen MR) is 145 cm³/mol. The minimum absolute atomic E-state index is 0.0322. The molecule has 4 rings (SSSR count). The first kappa shape index (κ1) is 27.3. The summed E-state index contributed by atoms with van der Waals surface area (Å²) in [5.41, 5.74) is 1.76. The Morgan fingerprint density at radius 3 is 2.37 bits per heavy atom. The number of benzene rings is 2. The average Bonchev–Trinajstić information content (AvgIpc) is 3.29. The number of nitrogens with zero attached hydrogens (tertiary/aromatic N) is 2. The molecule has 0 saturated carbocycles. The quantitative estimate of drug-likeness (QED) is 0.455. The van der Waals surface area contributed by atoms with Crippen molar-refractivity contribution in [2.24, 2.45) is 0 Å². The van der Waals surface area contributed by atoms with Gasteiger partial charge in [-0.25, -0.2) is 13.2 Å². The van der Waals surface area contributed by atoms with E-state index in [9.17, 15) is 22.8 Å². The smallest absolute Gasteiger partial charge is 0.413 e. The molecular formula is C26H28N4O6S2. The zero-order valence-electron chi connectivity index (χ0n) is 21.2. The summed E-state index contributed by atoms with van der Waals surface area (Å²) in [7, 11) is -1.21. The van der Waals surface area contributed by atoms with Gasteiger partial charge in [0.25, 0.3) is 21.8 Å². The van der Waals surface area contributed by atoms with Crippen LogP contribution in [0.2, 0.25) is 0 Å². The molecule has 3 amide bonds. The molecule has 2 heterocycles. The highest BCUT2D eigenvalue weighted by Crippen LogP contribution is 2.37. The van der Waals surface area contributed by atoms with E-state index in [0.29, 0.717) is 23.7 Å². The standard InChI is InChI=1S/C26H28N4O6S2/c1-4-30-15-14-20-21(16-30)37-25(22(20)24(32)28-26(33)36-3)27-23(31)17-10-12-19(13-11-17)38(34,35)29(2)18-8-6-5-7-9-18/h5-13H,4,14-16H2,1-3H3,(H,27,31)(H,28,32,33). The third kappa shape index (κ3) is 5.57. The van der Waals surface area contributed by atoms with Crippen molar-refractivity contribution in [3.05, 3.63) is 76.2 Å². The normalized spacial score (nSPS) is 13.3. The molecule has 38 heavy (non-hydrogen) atoms. The maximum absolute atomic E-state index is 13.1. The third-order valence-electron chi connectivity index (χ3n) is 6.33. The highest BCUT2D eigenvalue weighted by Gasteiger charge is 2.29. The van der Waals surface area contributed by atoms with Crippen LogP contribution in [0, 0.1) is 0 Å². The Morgan fingerprint density at radius 1 is 1.05 bits per heavy atom. The van der Waals surface area contributed by atoms with Crippen LogP contribution in [0.5, 0.6) is 0 Å². The Morgan fingerprint density at radius 2 is 1.74 bits per heavy atom. The van der Waals surface area contributed by atoms with Gasteiger partial charge in [-0.2, -0.15) is 0 Å². The number of imide groups is 1. The van der Waals surface area contributed by atoms with Gasteiger partial charge < -0.3 is 10.1 Å². The van der Waals surface area contributed by atoms with E-state index in [1.807, 2.05) is 6.92 Å². The molecule has 0 unspecified atom stereocenters. The number of fused-ring (bicyclic) bond motifs is 1. The van der Waals surface area contributed by atoms with E-state index < -0.39 is 27.9 Å². The van der Waals surface area contributed by atoms with Gasteiger partial charge in [0.2, 0.25) is 0 Å². The van der Waals surface area contributed by atoms with Gasteiger partial charge in [0, 0.05) is 30.6 Å². The second kappa shape index (κ2) is 11.3. The number of anilines is 2. The predicted octanol–water partition coefficient (Wildman–Crippen LogP) is 3.70. The summed E-state index contributed by atoms with van der Waals surface area (Å²) < 4.78 is 31.8. The molecule has 1 aliphatic rings. The van der Waals surface area contributed by atoms with Crippen molar-refractivity contribution in [3.63, 3.8) is 0 Å². The van der Waals surface area contributed by atoms with E-state index in [1.54, 1.807) is 30.3 Å². The summed E-state index contributed by atoms with van der Waals surface area (Å²) in [6.07, 6.45) is -0.295. The lowest BCUT2D eigenvalue weighted by Crippen LogP contribution is -2.33. The third-order valence-corrected chi connectivity index (χ3v) is 9.26. The van der Waals surface area contributed by atoms with Crippen molar-refractivity contribution in [1.82, 2.24) is 10.2 Å². The number of amides is 3. The van der Waals surface area contributed by atoms with Crippen molar-refractivity contribution in [3.8, 4) is 0 Å². The van der Waals surface area contributed by atoms with Gasteiger partial charge in [-0.3, -0.25) is 24.1 Å². The molecule has 1 aliphatic heterocycles. The fourth-order valence-electron chi connectivity index (χ4n) is 4.15. The first-order chi connectivity index (χ1) is 18.1. The van der Waals surface area contributed by atoms with Crippen molar-refractivity contribution in [2.45, 2.75) is 24.8 Å². The highest BCUT2D eigenvalue weighted by molar-refractivity contribution is 7.92. The topological polar surface area (TPSA) is 125 Å². The number of ether oxygens (including phenoxy) is 1. The van der Waals surface area contributed by atoms with E-state index >= 15 is 0 Å². The van der Waals surface area contributed by atoms with E-state index in [0.717, 1.165) is 30.6 Å². The molecule has 0 saturated heterocycles. The maximum Gasteiger partial charge on any atom is 0.413 e. The first-order valence-corrected chi connectivity index (χ1v) is 14.1. The Labute approximate surface area is 225 Å². The minimum atomic E-state index is -3.83. The van der Waals surface area contributed by atoms with Crippen LogP contribution >= 0.6 is 11.3 Å². The van der Waals surface area contributed by atoms with Gasteiger partial charge in [0.1, 0.15) is 5.00 Å². The summed E-state index contributed by atoms with van der Waals surface area (Å²) in [4.78, 5) is 40.9. The number of carbonyl (C=O) groups is 3. The fourth-order valence-corrected chi connectivity index (χ4v) is 6.63. The number of nitrogens with one attached hydrogen (secondary N) is 2. The van der Waals surface area contributed by atoms with Crippen molar-refractivity contribution in [2.75, 3.05) is 36.9 Å². The lowest BCUT2D eigenvalue weighted by molar-refractivity contribution is 0.0936. The Balaban J connectivity index is 1.58. The monoisotopic (exact) mass is 556 g/mol. The summed E-state index contributed by atoms with van der Waals surface area (Å²) >= 11 is 1.29. The van der Waals surface area contributed by atoms with Gasteiger partial charge in [-0.05, 0) is 54.9 Å². The lowest BCUT2D eigenvalue weighted by Gasteiger charge is -2.25. The molecule has 0 spiro atoms. The Kier molecular flexibility index (Phi) is 8.14. The average molecular weight is 557 g/mol. The molecule has 0 radical (unpaired) electrons. The minimum Gasteiger partial charge on any atom is -0.453 e. The van der Waals surface area contributed by atoms with Crippen LogP contribution in [-0.2, 0) is 27.7 Å². The molecule has 3 aromatic rings. The molecule has 0 bridgehead atoms. The molecule has 0 fully saturated rings. The number of hydrogen-bond acceptors (Lipinski definition) is 8. The van der Waals surface area contributed by atoms with Crippen molar-refractivity contribution >= 4 is 50.0 Å². The number of methoxy groups -OCH3 is 1. The summed E-state index contributed by atoms with van der Waals surface area (Å²) in [5, 5.41) is 5.28. The second-order valence-electron chi connectivity index (χ2n) is 8.56. The number of sulfonamides is 1. The Bertz CT molecular complexity index is 1450. The molecule has 2 N–H and O–H groups in total. The number of rotatable bonds is 7. The first-order valence-electron chi connectivity index (χ1n) is 11.9. The van der Waals surface area contributed by atoms with Crippen LogP contribution < -0.4 is 14.9 Å². The van der Waals surface area contributed by atoms with Gasteiger partial charge in [-0.15, -0.1) is 11.3 Å². The molecule has 200 valence electrons. The van der Waals surface area contributed by atoms with Crippen LogP contribution in [-0.4, -0.2) is 58.5 Å². The Hall–Kier alpha value is -3.74. The summed E-state index contributed by atoms with van der Waals surface area (Å²) in [6.45, 7) is 4.27. The van der Waals surface area contributed by atoms with Crippen molar-refractivity contribution < 1.29 is 27.5 Å². The SMILES string of the molecule is CCN1CCc2c(sc(NC(=O)c3ccc(S(=O)(=O)N(C)c4ccccc4)cc3)c2C(=O)NC(=O)OC)C1. The molecule has 2 aromatic carbocycles. The number of alkyl carbamates (subject to hydrolysis) is 1. The number of hydrogen-bond donors (Lipinski definition) is 2. The van der Waals surface area contributed by atoms with Gasteiger partial charge in [0.05, 0.1) is 23.3 Å². The fraction of sp³-hybridized carbons (Fsp3) is 0.269. The zero-order chi connectivity index (χ0) is 27.4. The van der Waals surface area contributed by atoms with Crippen LogP contribution in [0.1, 0.15) is 38.1 Å². The van der Waals surface area contributed by atoms with Crippen molar-refractivity contribution in [1.29, 1.82) is 0 Å². The van der Waals surface area contributed by atoms with Crippen LogP contribution in [0.25, 0.3) is 0 Å². The number of carbonyl (C=O) groups excluding carboxylic acids is 3. The van der Waals surface area contributed by atoms with E-state index in [1.165, 1.54) is 47.0 Å². The van der Waals surface area contributed by atoms with Crippen LogP contribution in [0.3, 0.4) is 0 Å². The molecule has 0 aliphatic carbocycles. The van der Waals surface area contributed by atoms with E-state index in [-0.39, 0.29) is 16.0 Å². The van der Waals surface area contributed by atoms with Gasteiger partial charge >= 0.3 is 6.09 Å². The maximum atomic E-state index is 13.1. The second-order valence-corrected chi connectivity index (χ2v) is 11.6. The largest absolute Gasteiger partial charge is 0.453 e. The summed E-state index contributed by atoms with van der Waals surface area (Å²) in [6, 6.07) is 14.2. The zero-order valence-corrected chi connectivity index (χ0v) is 22.8. The molecule has 12 heteroatoms. The number of thiophene rings is 1. The highest BCUT2D eigenvalue weighted by atomic mass is 32.2. The molecule has 1 aromatic heterocycles. The number of para-hydroxylation sites is 1. The molecule has 0 atom stereocenters. The van der Waals surface area contributed by atoms with Crippen LogP contribution in [0.15, 0.2) is 59.5 Å². The van der Waals surface area contributed by atoms with E-state index in [2.05, 4.69) is 20.3 Å². The number of likely N-dealkylation sites (N-methyl/N-ethyl adjacent to an activating group) is 1. The van der Waals surface area contributed by atoms with E-state index in [4.69, 9.17) is 0 Å².